The molecule has 1 atom stereocenters. The summed E-state index contributed by atoms with van der Waals surface area (Å²) in [5.74, 6) is -0.363. The number of nitrogen functional groups attached to an aromatic ring is 1. The van der Waals surface area contributed by atoms with E-state index >= 15 is 4.39 Å². The second-order valence-corrected chi connectivity index (χ2v) is 17.1. The van der Waals surface area contributed by atoms with Crippen LogP contribution in [0.3, 0.4) is 0 Å². The highest BCUT2D eigenvalue weighted by atomic mass is 32.2. The van der Waals surface area contributed by atoms with E-state index in [1.807, 2.05) is 4.90 Å². The van der Waals surface area contributed by atoms with Crippen molar-refractivity contribution >= 4 is 82.5 Å². The predicted octanol–water partition coefficient (Wildman–Crippen LogP) is -2.27. The van der Waals surface area contributed by atoms with Crippen LogP contribution in [0.1, 0.15) is 37.6 Å². The second-order valence-electron chi connectivity index (χ2n) is 15.4. The maximum atomic E-state index is 15.1. The van der Waals surface area contributed by atoms with E-state index in [0.717, 1.165) is 6.42 Å². The first-order valence-corrected chi connectivity index (χ1v) is 17.0. The number of aromatic nitrogens is 2. The molecule has 3 heterocycles. The topological polar surface area (TPSA) is 128 Å². The molecule has 1 saturated heterocycles. The summed E-state index contributed by atoms with van der Waals surface area (Å²) in [7, 11) is 10.9. The number of hydrogen-bond donors (Lipinski definition) is 2. The van der Waals surface area contributed by atoms with Crippen molar-refractivity contribution in [3.63, 3.8) is 0 Å². The Morgan fingerprint density at radius 3 is 2.28 bits per heavy atom. The molecule has 4 rings (SSSR count). The van der Waals surface area contributed by atoms with Crippen LogP contribution in [-0.4, -0.2) is 97.9 Å². The van der Waals surface area contributed by atoms with Gasteiger partial charge in [0.25, 0.3) is 15.9 Å². The number of sulfonamides is 1. The van der Waals surface area contributed by atoms with Crippen molar-refractivity contribution in [1.29, 1.82) is 0 Å². The van der Waals surface area contributed by atoms with Crippen LogP contribution in [0.15, 0.2) is 53.6 Å². The van der Waals surface area contributed by atoms with Crippen LogP contribution in [0.25, 0.3) is 11.3 Å². The number of carbonyl (C=O) groups is 1. The minimum Gasteiger partial charge on any atom is -0.494 e. The number of halogens is 1. The summed E-state index contributed by atoms with van der Waals surface area (Å²) in [4.78, 5) is 24.3. The molecule has 0 radical (unpaired) electrons. The van der Waals surface area contributed by atoms with E-state index in [1.54, 1.807) is 12.1 Å². The Kier molecular flexibility index (Phi) is 9.58. The summed E-state index contributed by atoms with van der Waals surface area (Å²) in [6.45, 7) is 7.19. The van der Waals surface area contributed by atoms with E-state index in [-0.39, 0.29) is 37.5 Å². The minimum atomic E-state index is -4.33. The molecule has 1 aliphatic rings. The lowest BCUT2D eigenvalue weighted by atomic mass is 9.15. The van der Waals surface area contributed by atoms with Crippen LogP contribution >= 0.6 is 0 Å². The molecule has 1 aliphatic heterocycles. The molecule has 0 unspecified atom stereocenters. The van der Waals surface area contributed by atoms with E-state index in [9.17, 15) is 13.2 Å². The molecule has 1 amide bonds. The van der Waals surface area contributed by atoms with Gasteiger partial charge in [0.05, 0.1) is 64.9 Å². The Balaban J connectivity index is 1.75. The van der Waals surface area contributed by atoms with Gasteiger partial charge in [-0.25, -0.2) is 19.1 Å². The highest BCUT2D eigenvalue weighted by Crippen LogP contribution is 2.55. The molecule has 1 aromatic carbocycles. The van der Waals surface area contributed by atoms with Gasteiger partial charge in [0.15, 0.2) is 5.03 Å². The number of nitrogens with two attached hydrogens (primary N) is 1. The quantitative estimate of drug-likeness (QED) is 0.238. The lowest BCUT2D eigenvalue weighted by Gasteiger charge is -2.52. The smallest absolute Gasteiger partial charge is 0.281 e. The molecule has 1 fully saturated rings. The Labute approximate surface area is 278 Å². The minimum absolute atomic E-state index is 0.00900. The zero-order chi connectivity index (χ0) is 34.5. The number of nitrogens with one attached hydrogen (secondary N) is 1. The van der Waals surface area contributed by atoms with Gasteiger partial charge in [-0.1, -0.05) is 18.3 Å². The number of pyridine rings is 2. The molecular formula is C28H41B7FN5O4S. The van der Waals surface area contributed by atoms with E-state index < -0.39 is 21.7 Å². The third kappa shape index (κ3) is 7.32. The van der Waals surface area contributed by atoms with Gasteiger partial charge < -0.3 is 15.4 Å². The molecule has 9 nitrogen and oxygen atoms in total. The summed E-state index contributed by atoms with van der Waals surface area (Å²) in [6.07, 6.45) is 0.837. The summed E-state index contributed by atoms with van der Waals surface area (Å²) in [6, 6.07) is 11.7. The van der Waals surface area contributed by atoms with Gasteiger partial charge in [0, 0.05) is 23.7 Å². The van der Waals surface area contributed by atoms with Crippen LogP contribution in [0.4, 0.5) is 16.0 Å². The van der Waals surface area contributed by atoms with Gasteiger partial charge in [0.2, 0.25) is 0 Å². The molecule has 3 aromatic rings. The van der Waals surface area contributed by atoms with Gasteiger partial charge in [-0.05, 0) is 62.6 Å². The molecule has 0 saturated carbocycles. The lowest BCUT2D eigenvalue weighted by molar-refractivity contribution is 0.0981. The first-order valence-electron chi connectivity index (χ1n) is 15.6. The number of amides is 1. The molecule has 18 heteroatoms. The SMILES string of the molecule is BC(B)(B)C(B)(COc1cc(F)cc(-c2ccc(C(=O)NS(=O)(=O)c3cccc(N)n3)c(N3C[C@@H](C)CC3(C)C)n2)c1)C(B)(B)B. The van der Waals surface area contributed by atoms with E-state index in [4.69, 9.17) is 15.5 Å². The van der Waals surface area contributed by atoms with Gasteiger partial charge >= 0.3 is 0 Å². The van der Waals surface area contributed by atoms with Crippen molar-refractivity contribution in [2.75, 3.05) is 23.8 Å². The van der Waals surface area contributed by atoms with Gasteiger partial charge in [-0.2, -0.15) is 8.42 Å². The molecule has 46 heavy (non-hydrogen) atoms. The van der Waals surface area contributed by atoms with Gasteiger partial charge in [-0.15, -0.1) is 10.2 Å². The zero-order valence-corrected chi connectivity index (χ0v) is 29.5. The standard InChI is InChI=1S/C28H41B7FN5O4S/c1-15-12-25(2,3)41(13-15)23-19(24(42)40-46(43,44)22-6-4-5-21(37)39-22)7-8-20(38-23)16-9-17(36)11-18(10-16)45-14-26(29,27(30,31)32)28(33,34)35/h4-11,15H,12-14,29-35H2,1-3H3,(H2,37,39)(H,40,42)/t15-/m0/s1. The summed E-state index contributed by atoms with van der Waals surface area (Å²) in [5, 5.41) is -0.801. The molecule has 0 spiro atoms. The number of rotatable bonds is 10. The fourth-order valence-electron chi connectivity index (χ4n) is 6.34. The Bertz CT molecular complexity index is 1740. The first kappa shape index (κ1) is 35.6. The lowest BCUT2D eigenvalue weighted by Crippen LogP contribution is -2.47. The monoisotopic (exact) mass is 639 g/mol. The van der Waals surface area contributed by atoms with Crippen LogP contribution in [0, 0.1) is 11.7 Å². The maximum absolute atomic E-state index is 15.1. The molecule has 2 aromatic heterocycles. The van der Waals surface area contributed by atoms with Crippen LogP contribution in [0.2, 0.25) is 15.5 Å². The number of hydrogen-bond acceptors (Lipinski definition) is 8. The number of anilines is 2. The number of benzene rings is 1. The molecule has 3 N–H and O–H groups in total. The van der Waals surface area contributed by atoms with Crippen LogP contribution in [0.5, 0.6) is 5.75 Å². The average Bonchev–Trinajstić information content (AvgIpc) is 3.20. The molecular weight excluding hydrogens is 597 g/mol. The third-order valence-corrected chi connectivity index (χ3v) is 10.9. The number of carbonyl (C=O) groups excluding carboxylic acids is 1. The molecule has 0 bridgehead atoms. The fraction of sp³-hybridized carbons (Fsp3) is 0.393. The average molecular weight is 638 g/mol. The highest BCUT2D eigenvalue weighted by Gasteiger charge is 2.46. The van der Waals surface area contributed by atoms with Crippen molar-refractivity contribution < 1.29 is 22.3 Å². The Hall–Kier alpha value is -3.28. The second kappa shape index (κ2) is 12.4. The fourth-order valence-corrected chi connectivity index (χ4v) is 7.28. The summed E-state index contributed by atoms with van der Waals surface area (Å²) < 4.78 is 49.6. The molecule has 236 valence electrons. The van der Waals surface area contributed by atoms with Crippen molar-refractivity contribution in [2.45, 2.75) is 53.3 Å². The van der Waals surface area contributed by atoms with E-state index in [1.165, 1.54) is 36.4 Å². The Morgan fingerprint density at radius 1 is 1.07 bits per heavy atom. The van der Waals surface area contributed by atoms with Crippen molar-refractivity contribution in [3.8, 4) is 17.0 Å². The summed E-state index contributed by atoms with van der Waals surface area (Å²) in [5.41, 5.74) is 6.25. The Morgan fingerprint density at radius 2 is 1.72 bits per heavy atom. The third-order valence-electron chi connectivity index (χ3n) is 9.70. The number of nitrogens with zero attached hydrogens (tertiary/aromatic N) is 3. The maximum Gasteiger partial charge on any atom is 0.281 e. The summed E-state index contributed by atoms with van der Waals surface area (Å²) >= 11 is 0. The van der Waals surface area contributed by atoms with Gasteiger partial charge in [-0.3, -0.25) is 4.79 Å². The van der Waals surface area contributed by atoms with Crippen molar-refractivity contribution in [3.05, 3.63) is 59.9 Å². The predicted molar refractivity (Wildman–Crippen MR) is 202 cm³/mol. The van der Waals surface area contributed by atoms with Crippen molar-refractivity contribution in [2.24, 2.45) is 5.92 Å². The largest absolute Gasteiger partial charge is 0.494 e. The highest BCUT2D eigenvalue weighted by molar-refractivity contribution is 7.90. The normalized spacial score (nSPS) is 17.0. The zero-order valence-electron chi connectivity index (χ0n) is 28.7. The van der Waals surface area contributed by atoms with E-state index in [0.29, 0.717) is 41.9 Å². The number of ether oxygens (including phenoxy) is 1. The van der Waals surface area contributed by atoms with Gasteiger partial charge in [0.1, 0.15) is 31.0 Å². The van der Waals surface area contributed by atoms with E-state index in [2.05, 4.69) is 85.4 Å². The first-order chi connectivity index (χ1) is 21.0. The van der Waals surface area contributed by atoms with Crippen molar-refractivity contribution in [1.82, 2.24) is 14.7 Å². The van der Waals surface area contributed by atoms with Crippen LogP contribution in [-0.2, 0) is 10.0 Å². The van der Waals surface area contributed by atoms with Crippen LogP contribution < -0.4 is 20.1 Å². The molecule has 0 aliphatic carbocycles.